The summed E-state index contributed by atoms with van der Waals surface area (Å²) >= 11 is 3.12. The van der Waals surface area contributed by atoms with Crippen molar-refractivity contribution in [1.29, 1.82) is 0 Å². The van der Waals surface area contributed by atoms with Crippen molar-refractivity contribution in [3.05, 3.63) is 57.6 Å². The number of aliphatic hydroxyl groups is 1. The number of alkyl halides is 3. The summed E-state index contributed by atoms with van der Waals surface area (Å²) in [6.07, 6.45) is -3.39. The first-order valence-electron chi connectivity index (χ1n) is 8.53. The predicted octanol–water partition coefficient (Wildman–Crippen LogP) is 5.18. The maximum absolute atomic E-state index is 14.1. The van der Waals surface area contributed by atoms with Crippen LogP contribution in [0.2, 0.25) is 0 Å². The highest BCUT2D eigenvalue weighted by molar-refractivity contribution is 9.10. The third-order valence-corrected chi connectivity index (χ3v) is 5.17. The van der Waals surface area contributed by atoms with Crippen LogP contribution < -0.4 is 4.74 Å². The molecule has 28 heavy (non-hydrogen) atoms. The van der Waals surface area contributed by atoms with E-state index >= 15 is 0 Å². The molecule has 2 aromatic rings. The highest BCUT2D eigenvalue weighted by Gasteiger charge is 2.58. The standard InChI is InChI=1S/C20H22BrF3N2O2/c1-5-26(3)12-25-17-11-18(28-4)15(10-13(17)2)19(27,20(22,23)24)14-8-6-7-9-16(14)21/h6-12,27H,5H2,1-4H3/b25-12+. The normalized spacial score (nSPS) is 14.2. The van der Waals surface area contributed by atoms with Crippen molar-refractivity contribution in [2.75, 3.05) is 20.7 Å². The lowest BCUT2D eigenvalue weighted by Crippen LogP contribution is -2.44. The Labute approximate surface area is 170 Å². The molecule has 0 spiro atoms. The van der Waals surface area contributed by atoms with E-state index in [2.05, 4.69) is 20.9 Å². The number of ether oxygens (including phenoxy) is 1. The molecule has 0 saturated heterocycles. The second-order valence-electron chi connectivity index (χ2n) is 6.34. The molecule has 0 amide bonds. The second kappa shape index (κ2) is 8.53. The predicted molar refractivity (Wildman–Crippen MR) is 107 cm³/mol. The van der Waals surface area contributed by atoms with Gasteiger partial charge in [0.1, 0.15) is 5.75 Å². The Balaban J connectivity index is 2.73. The minimum absolute atomic E-state index is 0.104. The van der Waals surface area contributed by atoms with Crippen LogP contribution in [0, 0.1) is 6.92 Å². The van der Waals surface area contributed by atoms with E-state index in [1.54, 1.807) is 19.3 Å². The first-order valence-corrected chi connectivity index (χ1v) is 9.33. The molecule has 0 aromatic heterocycles. The summed E-state index contributed by atoms with van der Waals surface area (Å²) in [5.41, 5.74) is -3.04. The number of nitrogens with zero attached hydrogens (tertiary/aromatic N) is 2. The fraction of sp³-hybridized carbons (Fsp3) is 0.350. The van der Waals surface area contributed by atoms with Gasteiger partial charge in [-0.15, -0.1) is 0 Å². The zero-order chi connectivity index (χ0) is 21.1. The molecule has 0 heterocycles. The van der Waals surface area contributed by atoms with Crippen LogP contribution in [0.1, 0.15) is 23.6 Å². The molecule has 2 rings (SSSR count). The van der Waals surface area contributed by atoms with Gasteiger partial charge in [0.25, 0.3) is 0 Å². The minimum atomic E-state index is -4.98. The molecule has 0 aliphatic heterocycles. The quantitative estimate of drug-likeness (QED) is 0.479. The third kappa shape index (κ3) is 4.17. The van der Waals surface area contributed by atoms with Crippen LogP contribution in [0.5, 0.6) is 5.75 Å². The van der Waals surface area contributed by atoms with Crippen molar-refractivity contribution in [2.24, 2.45) is 4.99 Å². The van der Waals surface area contributed by atoms with Gasteiger partial charge in [0.05, 0.1) is 19.1 Å². The molecule has 0 aliphatic carbocycles. The summed E-state index contributed by atoms with van der Waals surface area (Å²) in [5.74, 6) is -0.104. The number of rotatable bonds is 6. The van der Waals surface area contributed by atoms with E-state index in [1.807, 2.05) is 18.9 Å². The summed E-state index contributed by atoms with van der Waals surface area (Å²) in [7, 11) is 3.09. The Hall–Kier alpha value is -2.06. The van der Waals surface area contributed by atoms with Gasteiger partial charge in [0.15, 0.2) is 0 Å². The molecular weight excluding hydrogens is 437 g/mol. The van der Waals surface area contributed by atoms with Crippen molar-refractivity contribution in [2.45, 2.75) is 25.6 Å². The van der Waals surface area contributed by atoms with Gasteiger partial charge in [-0.25, -0.2) is 4.99 Å². The van der Waals surface area contributed by atoms with Gasteiger partial charge < -0.3 is 14.7 Å². The molecule has 2 aromatic carbocycles. The fourth-order valence-electron chi connectivity index (χ4n) is 2.72. The topological polar surface area (TPSA) is 45.1 Å². The monoisotopic (exact) mass is 458 g/mol. The summed E-state index contributed by atoms with van der Waals surface area (Å²) in [5, 5.41) is 11.0. The summed E-state index contributed by atoms with van der Waals surface area (Å²) < 4.78 is 47.8. The lowest BCUT2D eigenvalue weighted by atomic mass is 9.84. The van der Waals surface area contributed by atoms with Crippen LogP contribution in [0.4, 0.5) is 18.9 Å². The summed E-state index contributed by atoms with van der Waals surface area (Å²) in [6, 6.07) is 8.37. The molecular formula is C20H22BrF3N2O2. The van der Waals surface area contributed by atoms with Gasteiger partial charge in [-0.2, -0.15) is 13.2 Å². The van der Waals surface area contributed by atoms with E-state index in [1.165, 1.54) is 37.4 Å². The number of halogens is 4. The molecule has 0 bridgehead atoms. The zero-order valence-corrected chi connectivity index (χ0v) is 17.6. The highest BCUT2D eigenvalue weighted by atomic mass is 79.9. The highest BCUT2D eigenvalue weighted by Crippen LogP contribution is 2.50. The van der Waals surface area contributed by atoms with E-state index in [4.69, 9.17) is 4.74 Å². The molecule has 152 valence electrons. The number of hydrogen-bond donors (Lipinski definition) is 1. The van der Waals surface area contributed by atoms with Gasteiger partial charge in [-0.3, -0.25) is 0 Å². The Morgan fingerprint density at radius 2 is 1.86 bits per heavy atom. The van der Waals surface area contributed by atoms with Crippen LogP contribution >= 0.6 is 15.9 Å². The van der Waals surface area contributed by atoms with E-state index in [0.29, 0.717) is 11.3 Å². The third-order valence-electron chi connectivity index (χ3n) is 4.47. The van der Waals surface area contributed by atoms with Crippen LogP contribution in [-0.4, -0.2) is 43.2 Å². The summed E-state index contributed by atoms with van der Waals surface area (Å²) in [6.45, 7) is 4.32. The van der Waals surface area contributed by atoms with E-state index in [0.717, 1.165) is 6.54 Å². The van der Waals surface area contributed by atoms with E-state index in [-0.39, 0.29) is 15.8 Å². The average molecular weight is 459 g/mol. The van der Waals surface area contributed by atoms with Gasteiger partial charge in [0, 0.05) is 35.3 Å². The van der Waals surface area contributed by atoms with Gasteiger partial charge in [0.2, 0.25) is 5.60 Å². The van der Waals surface area contributed by atoms with Crippen molar-refractivity contribution < 1.29 is 23.0 Å². The number of benzene rings is 2. The molecule has 1 unspecified atom stereocenters. The number of methoxy groups -OCH3 is 1. The molecule has 0 aliphatic rings. The molecule has 1 atom stereocenters. The van der Waals surface area contributed by atoms with Crippen molar-refractivity contribution in [3.63, 3.8) is 0 Å². The largest absolute Gasteiger partial charge is 0.496 e. The van der Waals surface area contributed by atoms with Crippen LogP contribution in [0.25, 0.3) is 0 Å². The Kier molecular flexibility index (Phi) is 6.77. The first kappa shape index (κ1) is 22.2. The maximum Gasteiger partial charge on any atom is 0.425 e. The van der Waals surface area contributed by atoms with Gasteiger partial charge in [-0.05, 0) is 31.5 Å². The smallest absolute Gasteiger partial charge is 0.425 e. The number of aliphatic imine (C=N–C) groups is 1. The fourth-order valence-corrected chi connectivity index (χ4v) is 3.29. The minimum Gasteiger partial charge on any atom is -0.496 e. The van der Waals surface area contributed by atoms with Crippen molar-refractivity contribution >= 4 is 28.0 Å². The Bertz CT molecular complexity index is 871. The van der Waals surface area contributed by atoms with Gasteiger partial charge >= 0.3 is 6.18 Å². The average Bonchev–Trinajstić information content (AvgIpc) is 2.65. The molecule has 0 saturated carbocycles. The molecule has 0 fully saturated rings. The lowest BCUT2D eigenvalue weighted by Gasteiger charge is -2.33. The summed E-state index contributed by atoms with van der Waals surface area (Å²) in [4.78, 5) is 6.14. The Morgan fingerprint density at radius 3 is 2.39 bits per heavy atom. The molecule has 0 radical (unpaired) electrons. The first-order chi connectivity index (χ1) is 13.1. The van der Waals surface area contributed by atoms with E-state index in [9.17, 15) is 18.3 Å². The number of aryl methyl sites for hydroxylation is 1. The van der Waals surface area contributed by atoms with Crippen LogP contribution in [-0.2, 0) is 5.60 Å². The number of hydrogen-bond acceptors (Lipinski definition) is 3. The van der Waals surface area contributed by atoms with Crippen LogP contribution in [0.3, 0.4) is 0 Å². The van der Waals surface area contributed by atoms with E-state index < -0.39 is 17.3 Å². The SMILES string of the molecule is CCN(C)/C=N/c1cc(OC)c(C(O)(c2ccccc2Br)C(F)(F)F)cc1C. The molecule has 8 heteroatoms. The second-order valence-corrected chi connectivity index (χ2v) is 7.20. The molecule has 1 N–H and O–H groups in total. The zero-order valence-electron chi connectivity index (χ0n) is 16.0. The van der Waals surface area contributed by atoms with Crippen LogP contribution in [0.15, 0.2) is 45.9 Å². The maximum atomic E-state index is 14.1. The molecule has 4 nitrogen and oxygen atoms in total. The van der Waals surface area contributed by atoms with Crippen molar-refractivity contribution in [1.82, 2.24) is 4.90 Å². The van der Waals surface area contributed by atoms with Crippen molar-refractivity contribution in [3.8, 4) is 5.75 Å². The Morgan fingerprint density at radius 1 is 1.21 bits per heavy atom. The lowest BCUT2D eigenvalue weighted by molar-refractivity contribution is -0.249. The van der Waals surface area contributed by atoms with Gasteiger partial charge in [-0.1, -0.05) is 34.1 Å².